The molecular formula is C56H66FN13O5. The van der Waals surface area contributed by atoms with Gasteiger partial charge in [-0.05, 0) is 98.9 Å². The molecule has 19 heteroatoms. The summed E-state index contributed by atoms with van der Waals surface area (Å²) < 4.78 is 21.5. The summed E-state index contributed by atoms with van der Waals surface area (Å²) in [5.41, 5.74) is 5.51. The first-order chi connectivity index (χ1) is 36.6. The fourth-order valence-corrected chi connectivity index (χ4v) is 12.0. The molecule has 0 bridgehead atoms. The molecule has 3 aromatic heterocycles. The quantitative estimate of drug-likeness (QED) is 0.174. The summed E-state index contributed by atoms with van der Waals surface area (Å²) in [6, 6.07) is 13.7. The van der Waals surface area contributed by atoms with Crippen LogP contribution in [0.3, 0.4) is 0 Å². The Morgan fingerprint density at radius 2 is 1.57 bits per heavy atom. The summed E-state index contributed by atoms with van der Waals surface area (Å²) in [7, 11) is 0. The number of piperidine rings is 2. The Bertz CT molecular complexity index is 3010. The van der Waals surface area contributed by atoms with Crippen molar-refractivity contribution in [1.29, 1.82) is 0 Å². The van der Waals surface area contributed by atoms with Crippen molar-refractivity contribution in [2.75, 3.05) is 103 Å². The van der Waals surface area contributed by atoms with E-state index < -0.39 is 11.7 Å². The number of benzene rings is 2. The van der Waals surface area contributed by atoms with E-state index in [1.165, 1.54) is 11.6 Å². The summed E-state index contributed by atoms with van der Waals surface area (Å²) in [6.07, 6.45) is 14.9. The summed E-state index contributed by atoms with van der Waals surface area (Å²) in [6.45, 7) is 13.8. The van der Waals surface area contributed by atoms with Gasteiger partial charge in [-0.25, -0.2) is 19.5 Å². The SMILES string of the molecule is CC1CC=C(Oc2cc(N3CCN(CC4CCN(CC(=O)N5CCN(C(=O)c6cc(Cc7n[nH]c(=O)c8ccccc78)ccc6F)CC5)CC4)CC3)cnn2)C=C1[C@H]1CCCN(C(=O)CN2Cc3cncnc3C2)C1. The first kappa shape index (κ1) is 50.2. The van der Waals surface area contributed by atoms with Crippen molar-refractivity contribution >= 4 is 34.2 Å². The zero-order valence-corrected chi connectivity index (χ0v) is 42.8. The van der Waals surface area contributed by atoms with Crippen LogP contribution in [-0.4, -0.2) is 176 Å². The number of ether oxygens (including phenoxy) is 1. The normalized spacial score (nSPS) is 21.3. The second kappa shape index (κ2) is 22.5. The van der Waals surface area contributed by atoms with Crippen LogP contribution >= 0.6 is 0 Å². The second-order valence-electron chi connectivity index (χ2n) is 21.3. The van der Waals surface area contributed by atoms with E-state index in [9.17, 15) is 19.2 Å². The third-order valence-corrected chi connectivity index (χ3v) is 16.3. The lowest BCUT2D eigenvalue weighted by Crippen LogP contribution is -2.53. The molecule has 0 spiro atoms. The van der Waals surface area contributed by atoms with E-state index in [2.05, 4.69) is 69.0 Å². The van der Waals surface area contributed by atoms with E-state index in [-0.39, 0.29) is 28.9 Å². The van der Waals surface area contributed by atoms with E-state index in [1.807, 2.05) is 40.4 Å². The fourth-order valence-electron chi connectivity index (χ4n) is 12.0. The van der Waals surface area contributed by atoms with Crippen LogP contribution in [0.25, 0.3) is 10.8 Å². The Morgan fingerprint density at radius 3 is 2.39 bits per heavy atom. The lowest BCUT2D eigenvalue weighted by Gasteiger charge is -2.40. The van der Waals surface area contributed by atoms with Crippen molar-refractivity contribution < 1.29 is 23.5 Å². The molecule has 18 nitrogen and oxygen atoms in total. The highest BCUT2D eigenvalue weighted by Crippen LogP contribution is 2.36. The maximum absolute atomic E-state index is 15.1. The summed E-state index contributed by atoms with van der Waals surface area (Å²) in [5.74, 6) is 1.73. The first-order valence-corrected chi connectivity index (χ1v) is 26.8. The van der Waals surface area contributed by atoms with Crippen molar-refractivity contribution in [3.05, 3.63) is 135 Å². The number of likely N-dealkylation sites (tertiary alicyclic amines) is 2. The molecular weight excluding hydrogens is 954 g/mol. The van der Waals surface area contributed by atoms with E-state index in [4.69, 9.17) is 4.74 Å². The van der Waals surface area contributed by atoms with Gasteiger partial charge in [0.15, 0.2) is 0 Å². The van der Waals surface area contributed by atoms with Crippen LogP contribution in [0.4, 0.5) is 10.1 Å². The van der Waals surface area contributed by atoms with Crippen LogP contribution in [0, 0.1) is 23.6 Å². The van der Waals surface area contributed by atoms with Crippen molar-refractivity contribution in [2.45, 2.75) is 58.5 Å². The largest absolute Gasteiger partial charge is 0.438 e. The summed E-state index contributed by atoms with van der Waals surface area (Å²) >= 11 is 0. The van der Waals surface area contributed by atoms with Crippen LogP contribution in [0.1, 0.15) is 71.9 Å². The minimum Gasteiger partial charge on any atom is -0.438 e. The van der Waals surface area contributed by atoms with Crippen LogP contribution in [0.5, 0.6) is 5.88 Å². The number of piperazine rings is 2. The Balaban J connectivity index is 0.596. The van der Waals surface area contributed by atoms with Gasteiger partial charge >= 0.3 is 0 Å². The monoisotopic (exact) mass is 1020 g/mol. The van der Waals surface area contributed by atoms with Crippen LogP contribution in [0.15, 0.2) is 95.5 Å². The zero-order valence-electron chi connectivity index (χ0n) is 42.8. The maximum atomic E-state index is 15.1. The van der Waals surface area contributed by atoms with Gasteiger partial charge in [0.05, 0.1) is 47.3 Å². The van der Waals surface area contributed by atoms with Crippen LogP contribution < -0.4 is 15.2 Å². The number of nitrogens with zero attached hydrogens (tertiary/aromatic N) is 12. The molecule has 1 N–H and O–H groups in total. The number of aromatic nitrogens is 6. The molecule has 4 saturated heterocycles. The number of allylic oxidation sites excluding steroid dienone is 2. The fraction of sp³-hybridized carbons (Fsp3) is 0.482. The van der Waals surface area contributed by atoms with Gasteiger partial charge in [0, 0.05) is 115 Å². The topological polar surface area (TPSA) is 180 Å². The average Bonchev–Trinajstić information content (AvgIpc) is 3.86. The Hall–Kier alpha value is -6.96. The molecule has 3 amide bonds. The number of carbonyl (C=O) groups is 3. The molecule has 392 valence electrons. The van der Waals surface area contributed by atoms with E-state index in [1.54, 1.807) is 35.5 Å². The Kier molecular flexibility index (Phi) is 15.1. The summed E-state index contributed by atoms with van der Waals surface area (Å²) in [5, 5.41) is 16.7. The van der Waals surface area contributed by atoms with Crippen LogP contribution in [0.2, 0.25) is 0 Å². The average molecular weight is 1020 g/mol. The van der Waals surface area contributed by atoms with Gasteiger partial charge < -0.3 is 24.3 Å². The van der Waals surface area contributed by atoms with E-state index in [0.717, 1.165) is 114 Å². The molecule has 2 atom stereocenters. The molecule has 0 radical (unpaired) electrons. The molecule has 2 aromatic carbocycles. The summed E-state index contributed by atoms with van der Waals surface area (Å²) in [4.78, 5) is 76.3. The van der Waals surface area contributed by atoms with Gasteiger partial charge in [0.25, 0.3) is 11.5 Å². The number of H-pyrrole nitrogens is 1. The molecule has 5 aliphatic heterocycles. The van der Waals surface area contributed by atoms with Crippen molar-refractivity contribution in [3.8, 4) is 5.88 Å². The second-order valence-corrected chi connectivity index (χ2v) is 21.3. The minimum absolute atomic E-state index is 0.0107. The number of nitrogens with one attached hydrogen (secondary N) is 1. The van der Waals surface area contributed by atoms with Gasteiger partial charge in [-0.2, -0.15) is 10.2 Å². The van der Waals surface area contributed by atoms with Gasteiger partial charge in [0.2, 0.25) is 17.7 Å². The molecule has 4 fully saturated rings. The minimum atomic E-state index is -0.595. The molecule has 5 aromatic rings. The molecule has 6 aliphatic rings. The number of halogens is 1. The van der Waals surface area contributed by atoms with Gasteiger partial charge in [-0.3, -0.25) is 33.9 Å². The van der Waals surface area contributed by atoms with Crippen molar-refractivity contribution in [2.24, 2.45) is 17.8 Å². The number of rotatable bonds is 13. The predicted molar refractivity (Wildman–Crippen MR) is 280 cm³/mol. The molecule has 1 aliphatic carbocycles. The highest BCUT2D eigenvalue weighted by atomic mass is 19.1. The Labute approximate surface area is 436 Å². The molecule has 11 rings (SSSR count). The molecule has 0 saturated carbocycles. The lowest BCUT2D eigenvalue weighted by molar-refractivity contribution is -0.135. The number of carbonyl (C=O) groups excluding carboxylic acids is 3. The number of hydrogen-bond acceptors (Lipinski definition) is 14. The Morgan fingerprint density at radius 1 is 0.800 bits per heavy atom. The number of amides is 3. The van der Waals surface area contributed by atoms with Gasteiger partial charge in [-0.15, -0.1) is 5.10 Å². The number of fused-ring (bicyclic) bond motifs is 2. The number of anilines is 1. The number of hydrogen-bond donors (Lipinski definition) is 1. The zero-order chi connectivity index (χ0) is 51.4. The first-order valence-electron chi connectivity index (χ1n) is 26.8. The molecule has 8 heterocycles. The van der Waals surface area contributed by atoms with E-state index >= 15 is 4.39 Å². The van der Waals surface area contributed by atoms with Crippen molar-refractivity contribution in [3.63, 3.8) is 0 Å². The smallest absolute Gasteiger partial charge is 0.272 e. The third kappa shape index (κ3) is 11.6. The molecule has 1 unspecified atom stereocenters. The lowest BCUT2D eigenvalue weighted by atomic mass is 9.80. The van der Waals surface area contributed by atoms with Crippen LogP contribution in [-0.2, 0) is 29.1 Å². The van der Waals surface area contributed by atoms with E-state index in [0.29, 0.717) is 98.5 Å². The highest BCUT2D eigenvalue weighted by Gasteiger charge is 2.33. The van der Waals surface area contributed by atoms with Gasteiger partial charge in [-0.1, -0.05) is 36.8 Å². The standard InChI is InChI=1S/C56H66FN13O5/c1-38-8-10-44(28-47(38)41-5-4-14-70(33-41)54(72)36-66-32-42-29-58-37-59-51(42)34-66)75-52-27-43(30-60-62-52)67-19-17-65(18-20-67)31-39-12-15-64(16-13-39)35-53(71)68-21-23-69(24-22-68)56(74)48-25-40(9-11-49(48)57)26-50-45-6-2-3-7-46(45)55(73)63-61-50/h2-3,6-7,9-11,25,27-30,37-39,41H,4-5,8,12-24,26,31-36H2,1H3,(H,63,73)/t38?,41-/m0/s1. The van der Waals surface area contributed by atoms with Gasteiger partial charge in [0.1, 0.15) is 17.9 Å². The van der Waals surface area contributed by atoms with Crippen molar-refractivity contribution in [1.82, 2.24) is 59.8 Å². The highest BCUT2D eigenvalue weighted by molar-refractivity contribution is 5.95. The predicted octanol–water partition coefficient (Wildman–Crippen LogP) is 4.53. The molecule has 75 heavy (non-hydrogen) atoms. The third-order valence-electron chi connectivity index (χ3n) is 16.3. The maximum Gasteiger partial charge on any atom is 0.272 e. The number of aromatic amines is 1.